The van der Waals surface area contributed by atoms with Crippen molar-refractivity contribution in [1.29, 1.82) is 0 Å². The SMILES string of the molecule is NP(O)NN1CCOCC1. The summed E-state index contributed by atoms with van der Waals surface area (Å²) in [6.07, 6.45) is 0. The van der Waals surface area contributed by atoms with Gasteiger partial charge in [0, 0.05) is 13.1 Å². The van der Waals surface area contributed by atoms with Gasteiger partial charge in [-0.15, -0.1) is 0 Å². The first-order chi connectivity index (χ1) is 4.79. The lowest BCUT2D eigenvalue weighted by Crippen LogP contribution is -2.44. The van der Waals surface area contributed by atoms with E-state index in [0.717, 1.165) is 13.1 Å². The van der Waals surface area contributed by atoms with Crippen LogP contribution in [0.25, 0.3) is 0 Å². The van der Waals surface area contributed by atoms with E-state index >= 15 is 0 Å². The fraction of sp³-hybridized carbons (Fsp3) is 1.00. The van der Waals surface area contributed by atoms with Crippen LogP contribution in [0, 0.1) is 0 Å². The fourth-order valence-corrected chi connectivity index (χ4v) is 1.30. The summed E-state index contributed by atoms with van der Waals surface area (Å²) in [4.78, 5) is 8.75. The summed E-state index contributed by atoms with van der Waals surface area (Å²) >= 11 is 0. The normalized spacial score (nSPS) is 24.6. The molecule has 10 heavy (non-hydrogen) atoms. The van der Waals surface area contributed by atoms with Crippen molar-refractivity contribution < 1.29 is 9.63 Å². The molecule has 0 radical (unpaired) electrons. The number of rotatable bonds is 2. The molecule has 6 heteroatoms. The van der Waals surface area contributed by atoms with Crippen molar-refractivity contribution in [2.75, 3.05) is 26.3 Å². The minimum absolute atomic E-state index is 0.705. The second-order valence-corrected chi connectivity index (χ2v) is 2.93. The van der Waals surface area contributed by atoms with Crippen LogP contribution in [0.15, 0.2) is 0 Å². The molecule has 1 aliphatic rings. The summed E-state index contributed by atoms with van der Waals surface area (Å²) in [5.41, 5.74) is 5.15. The van der Waals surface area contributed by atoms with Gasteiger partial charge in [0.2, 0.25) is 0 Å². The highest BCUT2D eigenvalue weighted by Crippen LogP contribution is 2.11. The summed E-state index contributed by atoms with van der Waals surface area (Å²) < 4.78 is 5.08. The first-order valence-corrected chi connectivity index (χ1v) is 4.48. The van der Waals surface area contributed by atoms with Crippen LogP contribution >= 0.6 is 8.45 Å². The summed E-state index contributed by atoms with van der Waals surface area (Å²) in [5.74, 6) is 0. The van der Waals surface area contributed by atoms with Gasteiger partial charge in [0.05, 0.1) is 13.2 Å². The number of morpholine rings is 1. The van der Waals surface area contributed by atoms with Gasteiger partial charge in [-0.3, -0.25) is 5.50 Å². The lowest BCUT2D eigenvalue weighted by molar-refractivity contribution is 0.0266. The Morgan fingerprint density at radius 3 is 2.60 bits per heavy atom. The summed E-state index contributed by atoms with van der Waals surface area (Å²) in [5, 5.41) is 4.60. The zero-order valence-corrected chi connectivity index (χ0v) is 6.55. The van der Waals surface area contributed by atoms with Crippen LogP contribution in [0.4, 0.5) is 0 Å². The number of nitrogens with two attached hydrogens (primary N) is 1. The van der Waals surface area contributed by atoms with E-state index < -0.39 is 8.45 Å². The van der Waals surface area contributed by atoms with E-state index in [1.54, 1.807) is 0 Å². The molecule has 1 unspecified atom stereocenters. The number of hydrogen-bond donors (Lipinski definition) is 3. The molecule has 1 aliphatic heterocycles. The first-order valence-electron chi connectivity index (χ1n) is 3.12. The molecule has 0 aliphatic carbocycles. The predicted octanol–water partition coefficient (Wildman–Crippen LogP) is -0.999. The maximum Gasteiger partial charge on any atom is 0.191 e. The Balaban J connectivity index is 2.13. The molecule has 1 rings (SSSR count). The van der Waals surface area contributed by atoms with Gasteiger partial charge in [-0.1, -0.05) is 0 Å². The van der Waals surface area contributed by atoms with Gasteiger partial charge >= 0.3 is 0 Å². The molecular formula is C4H12N3O2P. The van der Waals surface area contributed by atoms with Crippen molar-refractivity contribution in [1.82, 2.24) is 10.2 Å². The summed E-state index contributed by atoms with van der Waals surface area (Å²) in [7, 11) is -1.50. The van der Waals surface area contributed by atoms with Gasteiger partial charge in [0.1, 0.15) is 0 Å². The number of hydrogen-bond acceptors (Lipinski definition) is 5. The molecule has 1 saturated heterocycles. The molecule has 0 aromatic carbocycles. The Hall–Kier alpha value is 0.230. The highest BCUT2D eigenvalue weighted by molar-refractivity contribution is 7.46. The van der Waals surface area contributed by atoms with Gasteiger partial charge in [0.25, 0.3) is 0 Å². The van der Waals surface area contributed by atoms with Crippen LogP contribution in [0.5, 0.6) is 0 Å². The van der Waals surface area contributed by atoms with E-state index in [-0.39, 0.29) is 0 Å². The maximum atomic E-state index is 8.75. The van der Waals surface area contributed by atoms with E-state index in [9.17, 15) is 0 Å². The molecule has 60 valence electrons. The third-order valence-electron chi connectivity index (χ3n) is 1.25. The second-order valence-electron chi connectivity index (χ2n) is 2.04. The van der Waals surface area contributed by atoms with Crippen LogP contribution in [0.2, 0.25) is 0 Å². The molecular weight excluding hydrogens is 153 g/mol. The van der Waals surface area contributed by atoms with Crippen LogP contribution in [0.3, 0.4) is 0 Å². The van der Waals surface area contributed by atoms with Crippen molar-refractivity contribution in [3.63, 3.8) is 0 Å². The standard InChI is InChI=1S/C4H12N3O2P/c5-10(8)6-7-1-3-9-4-2-7/h6,8H,1-5H2. The van der Waals surface area contributed by atoms with Gasteiger partial charge in [-0.05, 0) is 0 Å². The van der Waals surface area contributed by atoms with Gasteiger partial charge < -0.3 is 9.63 Å². The minimum Gasteiger partial charge on any atom is -0.379 e. The van der Waals surface area contributed by atoms with Crippen molar-refractivity contribution in [2.45, 2.75) is 0 Å². The lowest BCUT2D eigenvalue weighted by Gasteiger charge is -2.27. The molecule has 0 aromatic heterocycles. The monoisotopic (exact) mass is 165 g/mol. The Morgan fingerprint density at radius 1 is 1.50 bits per heavy atom. The molecule has 1 heterocycles. The molecule has 0 amide bonds. The van der Waals surface area contributed by atoms with Crippen molar-refractivity contribution >= 4 is 8.45 Å². The molecule has 5 nitrogen and oxygen atoms in total. The average Bonchev–Trinajstić information content (AvgIpc) is 1.88. The van der Waals surface area contributed by atoms with Gasteiger partial charge in [-0.25, -0.2) is 5.01 Å². The molecule has 0 spiro atoms. The average molecular weight is 165 g/mol. The third-order valence-corrected chi connectivity index (χ3v) is 1.74. The number of nitrogens with zero attached hydrogens (tertiary/aromatic N) is 1. The molecule has 4 N–H and O–H groups in total. The fourth-order valence-electron chi connectivity index (χ4n) is 0.808. The van der Waals surface area contributed by atoms with E-state index in [0.29, 0.717) is 13.2 Å². The van der Waals surface area contributed by atoms with Gasteiger partial charge in [0.15, 0.2) is 8.45 Å². The van der Waals surface area contributed by atoms with E-state index in [1.807, 2.05) is 5.01 Å². The van der Waals surface area contributed by atoms with Crippen LogP contribution in [-0.4, -0.2) is 36.2 Å². The van der Waals surface area contributed by atoms with Crippen LogP contribution in [0.1, 0.15) is 0 Å². The van der Waals surface area contributed by atoms with E-state index in [2.05, 4.69) is 5.20 Å². The lowest BCUT2D eigenvalue weighted by atomic mass is 10.5. The zero-order chi connectivity index (χ0) is 7.40. The summed E-state index contributed by atoms with van der Waals surface area (Å²) in [6.45, 7) is 2.99. The minimum atomic E-state index is -1.50. The molecule has 1 atom stereocenters. The summed E-state index contributed by atoms with van der Waals surface area (Å²) in [6, 6.07) is 0. The quantitative estimate of drug-likeness (QED) is 0.458. The van der Waals surface area contributed by atoms with Crippen LogP contribution in [-0.2, 0) is 4.74 Å². The first kappa shape index (κ1) is 8.33. The van der Waals surface area contributed by atoms with E-state index in [1.165, 1.54) is 0 Å². The predicted molar refractivity (Wildman–Crippen MR) is 38.9 cm³/mol. The number of hydrazine groups is 1. The molecule has 0 bridgehead atoms. The second kappa shape index (κ2) is 4.18. The van der Waals surface area contributed by atoms with Crippen LogP contribution < -0.4 is 10.7 Å². The van der Waals surface area contributed by atoms with Crippen molar-refractivity contribution in [3.05, 3.63) is 0 Å². The Kier molecular flexibility index (Phi) is 3.48. The number of nitrogens with one attached hydrogen (secondary N) is 1. The topological polar surface area (TPSA) is 70.8 Å². The molecule has 0 aromatic rings. The maximum absolute atomic E-state index is 8.75. The third kappa shape index (κ3) is 2.88. The van der Waals surface area contributed by atoms with Crippen molar-refractivity contribution in [2.24, 2.45) is 5.50 Å². The van der Waals surface area contributed by atoms with Gasteiger partial charge in [-0.2, -0.15) is 5.20 Å². The zero-order valence-electron chi connectivity index (χ0n) is 5.66. The van der Waals surface area contributed by atoms with E-state index in [4.69, 9.17) is 15.1 Å². The Labute approximate surface area is 61.1 Å². The number of ether oxygens (including phenoxy) is 1. The van der Waals surface area contributed by atoms with Crippen molar-refractivity contribution in [3.8, 4) is 0 Å². The largest absolute Gasteiger partial charge is 0.379 e. The molecule has 0 saturated carbocycles. The molecule has 1 fully saturated rings. The Bertz CT molecular complexity index is 96.5. The highest BCUT2D eigenvalue weighted by atomic mass is 31.2. The Morgan fingerprint density at radius 2 is 2.10 bits per heavy atom. The highest BCUT2D eigenvalue weighted by Gasteiger charge is 2.10. The smallest absolute Gasteiger partial charge is 0.191 e.